The molecule has 4 rings (SSSR count). The molecule has 0 aliphatic heterocycles. The van der Waals surface area contributed by atoms with Gasteiger partial charge in [-0.2, -0.15) is 0 Å². The van der Waals surface area contributed by atoms with Gasteiger partial charge in [-0.05, 0) is 110 Å². The molecule has 8 nitrogen and oxygen atoms in total. The highest BCUT2D eigenvalue weighted by Crippen LogP contribution is 2.37. The number of carbonyl (C=O) groups is 4. The highest BCUT2D eigenvalue weighted by Gasteiger charge is 2.26. The van der Waals surface area contributed by atoms with Crippen molar-refractivity contribution in [3.8, 4) is 23.0 Å². The van der Waals surface area contributed by atoms with Gasteiger partial charge in [0.05, 0.1) is 14.2 Å². The van der Waals surface area contributed by atoms with Crippen LogP contribution < -0.4 is 18.9 Å². The first-order chi connectivity index (χ1) is 24.3. The molecule has 0 aliphatic rings. The molecule has 0 N–H and O–H groups in total. The molecule has 0 amide bonds. The molecule has 0 spiro atoms. The number of rotatable bonds is 12. The summed E-state index contributed by atoms with van der Waals surface area (Å²) in [6.45, 7) is 19.2. The quantitative estimate of drug-likeness (QED) is 0.0816. The predicted octanol–water partition coefficient (Wildman–Crippen LogP) is 9.04. The third-order valence-corrected chi connectivity index (χ3v) is 9.26. The molecule has 8 heteroatoms. The van der Waals surface area contributed by atoms with Crippen molar-refractivity contribution in [2.75, 3.05) is 14.2 Å². The Bertz CT molecular complexity index is 1810. The molecule has 52 heavy (non-hydrogen) atoms. The van der Waals surface area contributed by atoms with Crippen molar-refractivity contribution < 1.29 is 38.1 Å². The summed E-state index contributed by atoms with van der Waals surface area (Å²) >= 11 is 0. The van der Waals surface area contributed by atoms with Crippen LogP contribution in [0.15, 0.2) is 72.8 Å². The SMILES string of the molecule is COc1ccc(C(C)(C)c2ccc(OC(=O)CC(C)=O)c(C)c2)cc1C.COc1ccc(C(C)(C)c2ccc(OC(=O)CC(C)=O)c(C)c2)cc1C. The minimum Gasteiger partial charge on any atom is -0.496 e. The molecule has 4 aromatic carbocycles. The molecule has 4 aromatic rings. The second-order valence-electron chi connectivity index (χ2n) is 14.3. The Kier molecular flexibility index (Phi) is 13.7. The molecule has 0 atom stereocenters. The summed E-state index contributed by atoms with van der Waals surface area (Å²) < 4.78 is 21.3. The number of ketones is 2. The monoisotopic (exact) mass is 708 g/mol. The summed E-state index contributed by atoms with van der Waals surface area (Å²) in [5, 5.41) is 0. The number of esters is 2. The lowest BCUT2D eigenvalue weighted by Gasteiger charge is -2.27. The number of methoxy groups -OCH3 is 2. The molecular formula is C44H52O8. The van der Waals surface area contributed by atoms with E-state index in [9.17, 15) is 19.2 Å². The third-order valence-electron chi connectivity index (χ3n) is 9.26. The smallest absolute Gasteiger partial charge is 0.318 e. The van der Waals surface area contributed by atoms with E-state index in [2.05, 4.69) is 52.0 Å². The average molecular weight is 709 g/mol. The van der Waals surface area contributed by atoms with E-state index in [0.717, 1.165) is 44.9 Å². The largest absolute Gasteiger partial charge is 0.496 e. The van der Waals surface area contributed by atoms with Gasteiger partial charge in [-0.15, -0.1) is 0 Å². The fraction of sp³-hybridized carbons (Fsp3) is 0.364. The van der Waals surface area contributed by atoms with Crippen molar-refractivity contribution in [2.45, 2.75) is 92.9 Å². The first-order valence-corrected chi connectivity index (χ1v) is 17.2. The van der Waals surface area contributed by atoms with Gasteiger partial charge in [-0.25, -0.2) is 0 Å². The third kappa shape index (κ3) is 10.4. The van der Waals surface area contributed by atoms with Gasteiger partial charge in [-0.1, -0.05) is 76.2 Å². The van der Waals surface area contributed by atoms with Crippen molar-refractivity contribution in [3.63, 3.8) is 0 Å². The van der Waals surface area contributed by atoms with Crippen LogP contribution in [0.5, 0.6) is 23.0 Å². The Hall–Kier alpha value is -5.24. The van der Waals surface area contributed by atoms with Gasteiger partial charge >= 0.3 is 11.9 Å². The van der Waals surface area contributed by atoms with Crippen molar-refractivity contribution in [1.82, 2.24) is 0 Å². The zero-order valence-corrected chi connectivity index (χ0v) is 32.6. The summed E-state index contributed by atoms with van der Waals surface area (Å²) in [4.78, 5) is 45.5. The summed E-state index contributed by atoms with van der Waals surface area (Å²) in [5.74, 6) is 1.24. The first kappa shape index (κ1) is 41.2. The van der Waals surface area contributed by atoms with E-state index >= 15 is 0 Å². The number of Topliss-reactive ketones (excluding diaryl/α,β-unsaturated/α-hetero) is 2. The van der Waals surface area contributed by atoms with Crippen LogP contribution in [0.4, 0.5) is 0 Å². The fourth-order valence-corrected chi connectivity index (χ4v) is 5.90. The van der Waals surface area contributed by atoms with E-state index in [0.29, 0.717) is 11.5 Å². The molecule has 276 valence electrons. The van der Waals surface area contributed by atoms with Gasteiger partial charge in [0.1, 0.15) is 47.4 Å². The lowest BCUT2D eigenvalue weighted by molar-refractivity contribution is -0.139. The van der Waals surface area contributed by atoms with Crippen molar-refractivity contribution in [3.05, 3.63) is 117 Å². The maximum absolute atomic E-state index is 11.7. The molecule has 0 heterocycles. The van der Waals surface area contributed by atoms with E-state index in [1.807, 2.05) is 64.1 Å². The second kappa shape index (κ2) is 17.3. The number of hydrogen-bond acceptors (Lipinski definition) is 8. The topological polar surface area (TPSA) is 105 Å². The second-order valence-corrected chi connectivity index (χ2v) is 14.3. The number of carbonyl (C=O) groups excluding carboxylic acids is 4. The van der Waals surface area contributed by atoms with Crippen LogP contribution in [0, 0.1) is 27.7 Å². The van der Waals surface area contributed by atoms with Crippen molar-refractivity contribution in [2.24, 2.45) is 0 Å². The zero-order valence-electron chi connectivity index (χ0n) is 32.6. The molecule has 0 unspecified atom stereocenters. The summed E-state index contributed by atoms with van der Waals surface area (Å²) in [6.07, 6.45) is -0.421. The van der Waals surface area contributed by atoms with Gasteiger partial charge in [0.2, 0.25) is 0 Å². The van der Waals surface area contributed by atoms with Crippen LogP contribution in [-0.4, -0.2) is 37.7 Å². The van der Waals surface area contributed by atoms with Crippen molar-refractivity contribution in [1.29, 1.82) is 0 Å². The van der Waals surface area contributed by atoms with Gasteiger partial charge in [0, 0.05) is 10.8 Å². The molecule has 0 saturated heterocycles. The Morgan fingerprint density at radius 3 is 0.923 bits per heavy atom. The average Bonchev–Trinajstić information content (AvgIpc) is 3.06. The number of benzene rings is 4. The number of ether oxygens (including phenoxy) is 4. The minimum atomic E-state index is -0.529. The van der Waals surface area contributed by atoms with Gasteiger partial charge in [0.15, 0.2) is 0 Å². The van der Waals surface area contributed by atoms with E-state index in [1.165, 1.54) is 25.0 Å². The van der Waals surface area contributed by atoms with Crippen LogP contribution in [0.2, 0.25) is 0 Å². The standard InChI is InChI=1S/2C22H26O4/c2*1-14-11-17(7-9-19(14)25-6)22(4,5)18-8-10-20(15(2)12-18)26-21(24)13-16(3)23/h2*7-12H,13H2,1-6H3. The normalized spacial score (nSPS) is 11.2. The molecular weight excluding hydrogens is 656 g/mol. The maximum Gasteiger partial charge on any atom is 0.318 e. The first-order valence-electron chi connectivity index (χ1n) is 17.2. The summed E-state index contributed by atoms with van der Waals surface area (Å²) in [5.41, 5.74) is 8.04. The summed E-state index contributed by atoms with van der Waals surface area (Å²) in [7, 11) is 3.34. The van der Waals surface area contributed by atoms with Crippen LogP contribution in [0.3, 0.4) is 0 Å². The number of aryl methyl sites for hydroxylation is 4. The molecule has 0 bridgehead atoms. The van der Waals surface area contributed by atoms with Crippen LogP contribution in [-0.2, 0) is 30.0 Å². The predicted molar refractivity (Wildman–Crippen MR) is 204 cm³/mol. The van der Waals surface area contributed by atoms with E-state index in [4.69, 9.17) is 18.9 Å². The maximum atomic E-state index is 11.7. The zero-order chi connectivity index (χ0) is 39.0. The molecule has 0 fully saturated rings. The lowest BCUT2D eigenvalue weighted by atomic mass is 9.77. The van der Waals surface area contributed by atoms with Crippen LogP contribution in [0.25, 0.3) is 0 Å². The highest BCUT2D eigenvalue weighted by atomic mass is 16.5. The van der Waals surface area contributed by atoms with E-state index < -0.39 is 11.9 Å². The summed E-state index contributed by atoms with van der Waals surface area (Å²) in [6, 6.07) is 23.9. The van der Waals surface area contributed by atoms with Gasteiger partial charge in [-0.3, -0.25) is 19.2 Å². The van der Waals surface area contributed by atoms with Crippen molar-refractivity contribution >= 4 is 23.5 Å². The van der Waals surface area contributed by atoms with E-state index in [-0.39, 0.29) is 35.2 Å². The van der Waals surface area contributed by atoms with Gasteiger partial charge in [0.25, 0.3) is 0 Å². The molecule has 0 saturated carbocycles. The highest BCUT2D eigenvalue weighted by molar-refractivity contribution is 5.95. The Morgan fingerprint density at radius 1 is 0.462 bits per heavy atom. The lowest BCUT2D eigenvalue weighted by Crippen LogP contribution is -2.19. The fourth-order valence-electron chi connectivity index (χ4n) is 5.90. The van der Waals surface area contributed by atoms with Crippen LogP contribution in [0.1, 0.15) is 98.9 Å². The minimum absolute atomic E-state index is 0.208. The Labute approximate surface area is 308 Å². The Morgan fingerprint density at radius 2 is 0.712 bits per heavy atom. The number of hydrogen-bond donors (Lipinski definition) is 0. The molecule has 0 aromatic heterocycles. The Balaban J connectivity index is 0.000000280. The van der Waals surface area contributed by atoms with E-state index in [1.54, 1.807) is 26.4 Å². The molecule has 0 radical (unpaired) electrons. The van der Waals surface area contributed by atoms with Gasteiger partial charge < -0.3 is 18.9 Å². The van der Waals surface area contributed by atoms with Crippen LogP contribution >= 0.6 is 0 Å². The molecule has 0 aliphatic carbocycles.